The zero-order valence-corrected chi connectivity index (χ0v) is 11.1. The van der Waals surface area contributed by atoms with Crippen molar-refractivity contribution < 1.29 is 22.7 Å². The van der Waals surface area contributed by atoms with Crippen molar-refractivity contribution in [2.45, 2.75) is 30.4 Å². The predicted octanol–water partition coefficient (Wildman–Crippen LogP) is 0.775. The van der Waals surface area contributed by atoms with Gasteiger partial charge < -0.3 is 9.84 Å². The smallest absolute Gasteiger partial charge is 0.243 e. The molecule has 1 fully saturated rings. The highest BCUT2D eigenvalue weighted by atomic mass is 32.2. The van der Waals surface area contributed by atoms with Crippen LogP contribution in [0.25, 0.3) is 0 Å². The first-order chi connectivity index (χ1) is 9.03. The summed E-state index contributed by atoms with van der Waals surface area (Å²) in [6.45, 7) is 0.441. The Morgan fingerprint density at radius 1 is 1.47 bits per heavy atom. The van der Waals surface area contributed by atoms with E-state index >= 15 is 0 Å². The Kier molecular flexibility index (Phi) is 4.51. The van der Waals surface area contributed by atoms with Crippen LogP contribution >= 0.6 is 0 Å². The third kappa shape index (κ3) is 3.50. The normalized spacial score (nSPS) is 19.8. The number of ether oxygens (including phenoxy) is 1. The molecule has 1 atom stereocenters. The van der Waals surface area contributed by atoms with E-state index < -0.39 is 20.7 Å². The topological polar surface area (TPSA) is 75.6 Å². The number of aliphatic hydroxyl groups excluding tert-OH is 1. The molecule has 1 unspecified atom stereocenters. The number of aliphatic hydroxyl groups is 1. The molecule has 0 radical (unpaired) electrons. The Hall–Kier alpha value is -1.02. The second-order valence-electron chi connectivity index (χ2n) is 4.41. The summed E-state index contributed by atoms with van der Waals surface area (Å²) in [5.41, 5.74) is 0.329. The largest absolute Gasteiger partial charge is 0.392 e. The fourth-order valence-corrected chi connectivity index (χ4v) is 3.07. The number of sulfonamides is 1. The van der Waals surface area contributed by atoms with Gasteiger partial charge in [-0.25, -0.2) is 17.5 Å². The monoisotopic (exact) mass is 289 g/mol. The number of nitrogens with one attached hydrogen (secondary N) is 1. The van der Waals surface area contributed by atoms with Crippen LogP contribution in [0.15, 0.2) is 23.1 Å². The van der Waals surface area contributed by atoms with Crippen molar-refractivity contribution in [3.63, 3.8) is 0 Å². The Bertz CT molecular complexity index is 541. The van der Waals surface area contributed by atoms with E-state index in [1.807, 2.05) is 0 Å². The molecule has 19 heavy (non-hydrogen) atoms. The molecule has 1 aromatic carbocycles. The summed E-state index contributed by atoms with van der Waals surface area (Å²) in [4.78, 5) is -0.414. The van der Waals surface area contributed by atoms with Crippen LogP contribution in [0.5, 0.6) is 0 Å². The second-order valence-corrected chi connectivity index (χ2v) is 6.15. The van der Waals surface area contributed by atoms with Crippen LogP contribution in [-0.4, -0.2) is 32.8 Å². The fraction of sp³-hybridized carbons (Fsp3) is 0.500. The first-order valence-corrected chi connectivity index (χ1v) is 7.52. The lowest BCUT2D eigenvalue weighted by Crippen LogP contribution is -2.32. The van der Waals surface area contributed by atoms with E-state index in [4.69, 9.17) is 9.84 Å². The highest BCUT2D eigenvalue weighted by Gasteiger charge is 2.22. The molecule has 1 heterocycles. The van der Waals surface area contributed by atoms with Crippen LogP contribution in [0.4, 0.5) is 4.39 Å². The molecule has 7 heteroatoms. The zero-order valence-electron chi connectivity index (χ0n) is 10.3. The average Bonchev–Trinajstić information content (AvgIpc) is 2.89. The summed E-state index contributed by atoms with van der Waals surface area (Å²) in [6, 6.07) is 3.54. The molecule has 0 bridgehead atoms. The summed E-state index contributed by atoms with van der Waals surface area (Å²) in [6.07, 6.45) is 1.56. The second kappa shape index (κ2) is 5.96. The molecule has 0 spiro atoms. The van der Waals surface area contributed by atoms with E-state index in [1.165, 1.54) is 6.07 Å². The third-order valence-electron chi connectivity index (χ3n) is 2.99. The lowest BCUT2D eigenvalue weighted by atomic mass is 10.2. The highest BCUT2D eigenvalue weighted by Crippen LogP contribution is 2.17. The van der Waals surface area contributed by atoms with E-state index in [0.29, 0.717) is 12.2 Å². The van der Waals surface area contributed by atoms with E-state index in [9.17, 15) is 12.8 Å². The van der Waals surface area contributed by atoms with Gasteiger partial charge in [0.05, 0.1) is 12.7 Å². The minimum atomic E-state index is -3.89. The first kappa shape index (κ1) is 14.4. The van der Waals surface area contributed by atoms with Crippen LogP contribution in [0.1, 0.15) is 18.4 Å². The number of hydrogen-bond acceptors (Lipinski definition) is 4. The van der Waals surface area contributed by atoms with Crippen molar-refractivity contribution in [2.75, 3.05) is 13.2 Å². The van der Waals surface area contributed by atoms with Gasteiger partial charge in [-0.15, -0.1) is 0 Å². The summed E-state index contributed by atoms with van der Waals surface area (Å²) < 4.78 is 45.2. The summed E-state index contributed by atoms with van der Waals surface area (Å²) in [7, 11) is -3.89. The third-order valence-corrected chi connectivity index (χ3v) is 4.45. The van der Waals surface area contributed by atoms with E-state index in [-0.39, 0.29) is 19.3 Å². The van der Waals surface area contributed by atoms with Crippen LogP contribution in [0, 0.1) is 5.82 Å². The minimum Gasteiger partial charge on any atom is -0.392 e. The number of benzene rings is 1. The lowest BCUT2D eigenvalue weighted by Gasteiger charge is -2.12. The van der Waals surface area contributed by atoms with Gasteiger partial charge in [0, 0.05) is 13.2 Å². The molecular weight excluding hydrogens is 273 g/mol. The van der Waals surface area contributed by atoms with Crippen LogP contribution in [0.2, 0.25) is 0 Å². The Balaban J connectivity index is 2.10. The zero-order chi connectivity index (χ0) is 13.9. The molecule has 5 nitrogen and oxygen atoms in total. The Labute approximate surface area is 111 Å². The van der Waals surface area contributed by atoms with Gasteiger partial charge in [0.15, 0.2) is 0 Å². The molecule has 0 aliphatic carbocycles. The molecule has 1 aliphatic heterocycles. The maximum Gasteiger partial charge on any atom is 0.243 e. The lowest BCUT2D eigenvalue weighted by molar-refractivity contribution is 0.114. The van der Waals surface area contributed by atoms with Crippen LogP contribution in [-0.2, 0) is 21.4 Å². The van der Waals surface area contributed by atoms with Gasteiger partial charge >= 0.3 is 0 Å². The maximum atomic E-state index is 13.7. The SMILES string of the molecule is O=S(=O)(NCC1CCCO1)c1ccc(CO)cc1F. The molecule has 2 rings (SSSR count). The summed E-state index contributed by atoms with van der Waals surface area (Å²) >= 11 is 0. The van der Waals surface area contributed by atoms with Gasteiger partial charge in [0.2, 0.25) is 10.0 Å². The van der Waals surface area contributed by atoms with Gasteiger partial charge in [-0.05, 0) is 30.5 Å². The van der Waals surface area contributed by atoms with Gasteiger partial charge in [-0.1, -0.05) is 6.07 Å². The van der Waals surface area contributed by atoms with Gasteiger partial charge in [-0.3, -0.25) is 0 Å². The Morgan fingerprint density at radius 2 is 2.26 bits per heavy atom. The van der Waals surface area contributed by atoms with Crippen molar-refractivity contribution in [1.29, 1.82) is 0 Å². The molecule has 1 saturated heterocycles. The van der Waals surface area contributed by atoms with Gasteiger partial charge in [-0.2, -0.15) is 0 Å². The Morgan fingerprint density at radius 3 is 2.84 bits per heavy atom. The predicted molar refractivity (Wildman–Crippen MR) is 66.5 cm³/mol. The standard InChI is InChI=1S/C12H16FNO4S/c13-11-6-9(8-15)3-4-12(11)19(16,17)14-7-10-2-1-5-18-10/h3-4,6,10,14-15H,1-2,5,7-8H2. The van der Waals surface area contributed by atoms with Gasteiger partial charge in [0.25, 0.3) is 0 Å². The van der Waals surface area contributed by atoms with Crippen molar-refractivity contribution in [1.82, 2.24) is 4.72 Å². The molecule has 106 valence electrons. The molecule has 0 saturated carbocycles. The number of rotatable bonds is 5. The minimum absolute atomic E-state index is 0.142. The van der Waals surface area contributed by atoms with E-state index in [0.717, 1.165) is 25.0 Å². The molecule has 0 amide bonds. The van der Waals surface area contributed by atoms with Crippen molar-refractivity contribution in [3.05, 3.63) is 29.6 Å². The van der Waals surface area contributed by atoms with E-state index in [2.05, 4.69) is 4.72 Å². The molecule has 1 aliphatic rings. The van der Waals surface area contributed by atoms with Crippen molar-refractivity contribution in [2.24, 2.45) is 0 Å². The molecule has 2 N–H and O–H groups in total. The van der Waals surface area contributed by atoms with Crippen molar-refractivity contribution >= 4 is 10.0 Å². The quantitative estimate of drug-likeness (QED) is 0.840. The molecule has 1 aromatic rings. The molecule has 0 aromatic heterocycles. The van der Waals surface area contributed by atoms with Crippen molar-refractivity contribution in [3.8, 4) is 0 Å². The van der Waals surface area contributed by atoms with Crippen LogP contribution in [0.3, 0.4) is 0 Å². The van der Waals surface area contributed by atoms with E-state index in [1.54, 1.807) is 0 Å². The highest BCUT2D eigenvalue weighted by molar-refractivity contribution is 7.89. The summed E-state index contributed by atoms with van der Waals surface area (Å²) in [5.74, 6) is -0.869. The van der Waals surface area contributed by atoms with Crippen LogP contribution < -0.4 is 4.72 Å². The fourth-order valence-electron chi connectivity index (χ4n) is 1.95. The number of halogens is 1. The number of hydrogen-bond donors (Lipinski definition) is 2. The average molecular weight is 289 g/mol. The maximum absolute atomic E-state index is 13.7. The van der Waals surface area contributed by atoms with Gasteiger partial charge in [0.1, 0.15) is 10.7 Å². The summed E-state index contributed by atoms with van der Waals surface area (Å²) in [5, 5.41) is 8.85. The molecular formula is C12H16FNO4S. The first-order valence-electron chi connectivity index (χ1n) is 6.03.